The van der Waals surface area contributed by atoms with Gasteiger partial charge in [0.15, 0.2) is 49.1 Å². The molecule has 5 saturated heterocycles. The van der Waals surface area contributed by atoms with Crippen LogP contribution in [0.25, 0.3) is 0 Å². The van der Waals surface area contributed by atoms with Gasteiger partial charge in [0.1, 0.15) is 36.6 Å². The predicted molar refractivity (Wildman–Crippen MR) is 247 cm³/mol. The SMILES string of the molecule is CC(=O)O[C@H]1[C@H](O[C@H]2[C@H](O[C@@H]3[C@@H](OC(C)=O)[C@H](O[C@H]4CC[C@]5(C)[C@H]6CC[C@@H]7[C@@H]8[C@]9(C[C@@]7(CO9)[C@]6(C)CC[C@H]5C4(C)C)O[C@@H](C=C(C)C)C[C@]8(C)O)OC[C@@H]3O)O[C@H](CO)[C@@H](O)[C@@H]2OC(C)=O)OC[C@@H](O)[C@@H]1O. The van der Waals surface area contributed by atoms with Crippen LogP contribution >= 0.6 is 0 Å². The summed E-state index contributed by atoms with van der Waals surface area (Å²) < 4.78 is 68.1. The quantitative estimate of drug-likeness (QED) is 0.0750. The van der Waals surface area contributed by atoms with Gasteiger partial charge in [-0.15, -0.1) is 0 Å². The number of hydrogen-bond acceptors (Lipinski definition) is 20. The van der Waals surface area contributed by atoms with Crippen LogP contribution in [0.2, 0.25) is 0 Å². The van der Waals surface area contributed by atoms with E-state index in [0.29, 0.717) is 25.4 Å². The zero-order valence-electron chi connectivity index (χ0n) is 43.4. The van der Waals surface area contributed by atoms with Crippen molar-refractivity contribution in [3.63, 3.8) is 0 Å². The smallest absolute Gasteiger partial charge is 0.303 e. The molecule has 6 N–H and O–H groups in total. The number of fused-ring (bicyclic) bond motifs is 4. The first-order valence-electron chi connectivity index (χ1n) is 26.1. The molecule has 20 heteroatoms. The number of aliphatic hydroxyl groups is 6. The van der Waals surface area contributed by atoms with E-state index >= 15 is 0 Å². The molecule has 5 heterocycles. The van der Waals surface area contributed by atoms with E-state index in [1.165, 1.54) is 6.92 Å². The summed E-state index contributed by atoms with van der Waals surface area (Å²) in [4.78, 5) is 37.6. The van der Waals surface area contributed by atoms with E-state index in [1.54, 1.807) is 0 Å². The lowest BCUT2D eigenvalue weighted by molar-refractivity contribution is -0.382. The van der Waals surface area contributed by atoms with Gasteiger partial charge in [0.25, 0.3) is 0 Å². The summed E-state index contributed by atoms with van der Waals surface area (Å²) in [5, 5.41) is 66.8. The van der Waals surface area contributed by atoms with E-state index in [9.17, 15) is 45.0 Å². The number of aliphatic hydroxyl groups excluding tert-OH is 5. The molecule has 20 nitrogen and oxygen atoms in total. The van der Waals surface area contributed by atoms with Gasteiger partial charge in [0, 0.05) is 44.9 Å². The van der Waals surface area contributed by atoms with Crippen LogP contribution in [0.4, 0.5) is 0 Å². The average Bonchev–Trinajstić information content (AvgIpc) is 3.80. The summed E-state index contributed by atoms with van der Waals surface area (Å²) in [6, 6.07) is 0. The van der Waals surface area contributed by atoms with Crippen molar-refractivity contribution >= 4 is 17.9 Å². The summed E-state index contributed by atoms with van der Waals surface area (Å²) in [5.74, 6) is -2.58. The normalized spacial score (nSPS) is 51.4. The molecule has 0 aromatic rings. The van der Waals surface area contributed by atoms with Gasteiger partial charge in [-0.2, -0.15) is 0 Å². The van der Waals surface area contributed by atoms with E-state index in [0.717, 1.165) is 57.9 Å². The molecule has 408 valence electrons. The van der Waals surface area contributed by atoms with Gasteiger partial charge in [0.2, 0.25) is 0 Å². The van der Waals surface area contributed by atoms with Crippen molar-refractivity contribution < 1.29 is 97.1 Å². The minimum absolute atomic E-state index is 0.0847. The van der Waals surface area contributed by atoms with Gasteiger partial charge >= 0.3 is 17.9 Å². The molecule has 4 saturated carbocycles. The van der Waals surface area contributed by atoms with E-state index < -0.39 is 134 Å². The monoisotopic (exact) mass is 1020 g/mol. The molecule has 0 radical (unpaired) electrons. The highest BCUT2D eigenvalue weighted by Gasteiger charge is 2.81. The van der Waals surface area contributed by atoms with E-state index in [1.807, 2.05) is 6.92 Å². The van der Waals surface area contributed by atoms with Crippen LogP contribution in [0.3, 0.4) is 0 Å². The lowest BCUT2D eigenvalue weighted by Gasteiger charge is -2.70. The van der Waals surface area contributed by atoms with Gasteiger partial charge in [-0.3, -0.25) is 14.4 Å². The molecular formula is C52H80O20. The maximum Gasteiger partial charge on any atom is 0.303 e. The minimum Gasteiger partial charge on any atom is -0.457 e. The Morgan fingerprint density at radius 2 is 1.31 bits per heavy atom. The topological polar surface area (TPSA) is 274 Å². The van der Waals surface area contributed by atoms with Crippen LogP contribution in [-0.2, 0) is 66.5 Å². The van der Waals surface area contributed by atoms with E-state index in [-0.39, 0.29) is 46.7 Å². The van der Waals surface area contributed by atoms with Gasteiger partial charge in [0.05, 0.1) is 44.2 Å². The second-order valence-corrected chi connectivity index (χ2v) is 24.3. The van der Waals surface area contributed by atoms with Crippen LogP contribution < -0.4 is 0 Å². The number of esters is 3. The zero-order valence-corrected chi connectivity index (χ0v) is 43.4. The predicted octanol–water partition coefficient (Wildman–Crippen LogP) is 2.32. The van der Waals surface area contributed by atoms with Crippen LogP contribution in [0.1, 0.15) is 121 Å². The molecule has 9 aliphatic rings. The molecule has 2 spiro atoms. The van der Waals surface area contributed by atoms with Crippen molar-refractivity contribution in [2.75, 3.05) is 26.4 Å². The maximum atomic E-state index is 13.0. The standard InChI is InChI=1S/C52H80O20/c1-24(2)17-28-18-50(10,61)43-29-11-12-34-48(8)15-14-35(47(6,7)33(48)13-16-49(34,9)51(29)22-52(43,72-28)64-23-51)69-45-41(67-27(5)56)38(31(58)21-63-45)70-46-42(39(65-25(3)54)37(60)32(19-53)68-46)71-44-40(66-26(4)55)36(59)30(57)20-62-44/h17,28-46,53,57-61H,11-16,18-23H2,1-10H3/t28-,29+,30+,31-,32+,33-,34+,35-,36-,37+,38-,39-,40+,41+,42+,43-,44-,45-,46-,48-,49+,50-,51-,52-/m0/s1. The Labute approximate surface area is 421 Å². The first-order chi connectivity index (χ1) is 33.7. The molecule has 0 aromatic carbocycles. The zero-order chi connectivity index (χ0) is 52.2. The van der Waals surface area contributed by atoms with Crippen molar-refractivity contribution in [1.82, 2.24) is 0 Å². The largest absolute Gasteiger partial charge is 0.457 e. The third kappa shape index (κ3) is 8.99. The number of ether oxygens (including phenoxy) is 11. The Bertz CT molecular complexity index is 2060. The molecule has 0 unspecified atom stereocenters. The van der Waals surface area contributed by atoms with Crippen LogP contribution in [0.5, 0.6) is 0 Å². The molecule has 9 fully saturated rings. The lowest BCUT2D eigenvalue weighted by atomic mass is 9.35. The van der Waals surface area contributed by atoms with Crippen molar-refractivity contribution in [2.45, 2.75) is 224 Å². The third-order valence-electron chi connectivity index (χ3n) is 19.2. The molecule has 9 rings (SSSR count). The highest BCUT2D eigenvalue weighted by atomic mass is 16.8. The van der Waals surface area contributed by atoms with Gasteiger partial charge in [-0.05, 0) is 93.3 Å². The molecule has 0 aromatic heterocycles. The molecule has 2 bridgehead atoms. The molecule has 4 aliphatic carbocycles. The molecule has 24 atom stereocenters. The van der Waals surface area contributed by atoms with Crippen molar-refractivity contribution in [1.29, 1.82) is 0 Å². The first-order valence-corrected chi connectivity index (χ1v) is 26.1. The Morgan fingerprint density at radius 3 is 1.96 bits per heavy atom. The molecule has 72 heavy (non-hydrogen) atoms. The van der Waals surface area contributed by atoms with Gasteiger partial charge in [-0.1, -0.05) is 39.3 Å². The summed E-state index contributed by atoms with van der Waals surface area (Å²) >= 11 is 0. The fourth-order valence-electron chi connectivity index (χ4n) is 16.5. The lowest BCUT2D eigenvalue weighted by Crippen LogP contribution is -2.68. The maximum absolute atomic E-state index is 13.0. The molecule has 0 amide bonds. The second-order valence-electron chi connectivity index (χ2n) is 24.3. The number of rotatable bonds is 11. The highest BCUT2D eigenvalue weighted by Crippen LogP contribution is 2.80. The number of allylic oxidation sites excluding steroid dienone is 1. The average molecular weight is 1030 g/mol. The van der Waals surface area contributed by atoms with E-state index in [2.05, 4.69) is 47.6 Å². The van der Waals surface area contributed by atoms with Gasteiger partial charge < -0.3 is 82.7 Å². The Morgan fingerprint density at radius 1 is 0.681 bits per heavy atom. The molecule has 5 aliphatic heterocycles. The van der Waals surface area contributed by atoms with Crippen molar-refractivity contribution in [2.24, 2.45) is 45.3 Å². The highest BCUT2D eigenvalue weighted by molar-refractivity contribution is 5.67. The Balaban J connectivity index is 0.959. The Hall–Kier alpha value is -2.41. The second kappa shape index (κ2) is 19.6. The van der Waals surface area contributed by atoms with Crippen LogP contribution in [0.15, 0.2) is 11.6 Å². The summed E-state index contributed by atoms with van der Waals surface area (Å²) in [5.41, 5.74) is -0.574. The first kappa shape index (κ1) is 54.4. The van der Waals surface area contributed by atoms with Crippen molar-refractivity contribution in [3.8, 4) is 0 Å². The van der Waals surface area contributed by atoms with Crippen LogP contribution in [-0.4, -0.2) is 178 Å². The number of carbonyl (C=O) groups is 3. The van der Waals surface area contributed by atoms with E-state index in [4.69, 9.17) is 52.1 Å². The molecular weight excluding hydrogens is 945 g/mol. The minimum atomic E-state index is -1.74. The fraction of sp³-hybridized carbons (Fsp3) is 0.904. The fourth-order valence-corrected chi connectivity index (χ4v) is 16.5. The van der Waals surface area contributed by atoms with Gasteiger partial charge in [-0.25, -0.2) is 0 Å². The summed E-state index contributed by atoms with van der Waals surface area (Å²) in [6.45, 7) is 17.9. The summed E-state index contributed by atoms with van der Waals surface area (Å²) in [6.07, 6.45) is -12.2. The van der Waals surface area contributed by atoms with Crippen molar-refractivity contribution in [3.05, 3.63) is 11.6 Å². The number of hydrogen-bond donors (Lipinski definition) is 6. The van der Waals surface area contributed by atoms with Crippen LogP contribution in [0, 0.1) is 45.3 Å². The third-order valence-corrected chi connectivity index (χ3v) is 19.2. The summed E-state index contributed by atoms with van der Waals surface area (Å²) in [7, 11) is 0. The Kier molecular flexibility index (Phi) is 14.8. The number of carbonyl (C=O) groups excluding carboxylic acids is 3.